The van der Waals surface area contributed by atoms with Crippen LogP contribution in [0.15, 0.2) is 34.9 Å². The molecule has 2 aromatic rings. The Balaban J connectivity index is 1.99. The average Bonchev–Trinajstić information content (AvgIpc) is 2.87. The average molecular weight is 249 g/mol. The SMILES string of the molecule is ClCc1coc(N2CCCc3ccccc32)n1. The van der Waals surface area contributed by atoms with Crippen molar-refractivity contribution in [3.63, 3.8) is 0 Å². The molecule has 1 aliphatic heterocycles. The number of aromatic nitrogens is 1. The summed E-state index contributed by atoms with van der Waals surface area (Å²) in [5, 5.41) is 0. The second-order valence-corrected chi connectivity index (χ2v) is 4.41. The van der Waals surface area contributed by atoms with Gasteiger partial charge in [-0.25, -0.2) is 0 Å². The molecule has 88 valence electrons. The van der Waals surface area contributed by atoms with Gasteiger partial charge in [0, 0.05) is 12.2 Å². The first-order valence-electron chi connectivity index (χ1n) is 5.74. The molecule has 3 rings (SSSR count). The van der Waals surface area contributed by atoms with Crippen molar-refractivity contribution >= 4 is 23.3 Å². The zero-order valence-corrected chi connectivity index (χ0v) is 10.2. The van der Waals surface area contributed by atoms with Crippen LogP contribution in [0.25, 0.3) is 0 Å². The number of halogens is 1. The predicted octanol–water partition coefficient (Wildman–Crippen LogP) is 3.50. The maximum atomic E-state index is 5.74. The summed E-state index contributed by atoms with van der Waals surface area (Å²) in [4.78, 5) is 6.50. The normalized spacial score (nSPS) is 14.8. The van der Waals surface area contributed by atoms with Crippen LogP contribution in [-0.4, -0.2) is 11.5 Å². The Kier molecular flexibility index (Phi) is 2.77. The Morgan fingerprint density at radius 2 is 2.24 bits per heavy atom. The molecule has 0 atom stereocenters. The molecular weight excluding hydrogens is 236 g/mol. The fourth-order valence-electron chi connectivity index (χ4n) is 2.21. The van der Waals surface area contributed by atoms with Crippen LogP contribution in [0.5, 0.6) is 0 Å². The van der Waals surface area contributed by atoms with Gasteiger partial charge in [-0.2, -0.15) is 4.98 Å². The van der Waals surface area contributed by atoms with Crippen LogP contribution in [0, 0.1) is 0 Å². The molecule has 0 amide bonds. The quantitative estimate of drug-likeness (QED) is 0.762. The largest absolute Gasteiger partial charge is 0.431 e. The lowest BCUT2D eigenvalue weighted by Gasteiger charge is -2.27. The molecule has 3 nitrogen and oxygen atoms in total. The number of anilines is 2. The van der Waals surface area contributed by atoms with Gasteiger partial charge < -0.3 is 4.42 Å². The molecule has 17 heavy (non-hydrogen) atoms. The van der Waals surface area contributed by atoms with Crippen molar-refractivity contribution in [1.29, 1.82) is 0 Å². The molecule has 1 aromatic heterocycles. The predicted molar refractivity (Wildman–Crippen MR) is 67.8 cm³/mol. The summed E-state index contributed by atoms with van der Waals surface area (Å²) in [5.74, 6) is 0.388. The van der Waals surface area contributed by atoms with E-state index in [0.29, 0.717) is 11.9 Å². The topological polar surface area (TPSA) is 29.3 Å². The van der Waals surface area contributed by atoms with Gasteiger partial charge in [-0.15, -0.1) is 11.6 Å². The van der Waals surface area contributed by atoms with E-state index in [-0.39, 0.29) is 0 Å². The zero-order valence-electron chi connectivity index (χ0n) is 9.40. The Labute approximate surface area is 105 Å². The third-order valence-electron chi connectivity index (χ3n) is 3.02. The van der Waals surface area contributed by atoms with Gasteiger partial charge in [-0.3, -0.25) is 4.90 Å². The lowest BCUT2D eigenvalue weighted by molar-refractivity contribution is 0.544. The summed E-state index contributed by atoms with van der Waals surface area (Å²) in [6.07, 6.45) is 3.87. The van der Waals surface area contributed by atoms with Gasteiger partial charge in [-0.1, -0.05) is 18.2 Å². The summed E-state index contributed by atoms with van der Waals surface area (Å²) < 4.78 is 5.48. The van der Waals surface area contributed by atoms with Crippen molar-refractivity contribution in [1.82, 2.24) is 4.98 Å². The standard InChI is InChI=1S/C13H13ClN2O/c14-8-11-9-17-13(15-11)16-7-3-5-10-4-1-2-6-12(10)16/h1-2,4,6,9H,3,5,7-8H2. The highest BCUT2D eigenvalue weighted by atomic mass is 35.5. The van der Waals surface area contributed by atoms with E-state index in [0.717, 1.165) is 25.1 Å². The van der Waals surface area contributed by atoms with E-state index in [1.54, 1.807) is 6.26 Å². The maximum Gasteiger partial charge on any atom is 0.302 e. The Morgan fingerprint density at radius 3 is 3.06 bits per heavy atom. The van der Waals surface area contributed by atoms with Gasteiger partial charge in [0.05, 0.1) is 11.6 Å². The third-order valence-corrected chi connectivity index (χ3v) is 3.29. The maximum absolute atomic E-state index is 5.74. The van der Waals surface area contributed by atoms with Crippen LogP contribution in [-0.2, 0) is 12.3 Å². The molecule has 0 saturated carbocycles. The highest BCUT2D eigenvalue weighted by Gasteiger charge is 2.21. The van der Waals surface area contributed by atoms with Crippen molar-refractivity contribution in [3.05, 3.63) is 41.8 Å². The molecule has 0 N–H and O–H groups in total. The number of alkyl halides is 1. The number of fused-ring (bicyclic) bond motifs is 1. The van der Waals surface area contributed by atoms with Crippen molar-refractivity contribution < 1.29 is 4.42 Å². The van der Waals surface area contributed by atoms with Crippen LogP contribution < -0.4 is 4.90 Å². The number of oxazole rings is 1. The smallest absolute Gasteiger partial charge is 0.302 e. The number of hydrogen-bond donors (Lipinski definition) is 0. The summed E-state index contributed by atoms with van der Waals surface area (Å²) in [6.45, 7) is 0.944. The van der Waals surface area contributed by atoms with E-state index >= 15 is 0 Å². The summed E-state index contributed by atoms with van der Waals surface area (Å²) in [7, 11) is 0. The first-order valence-corrected chi connectivity index (χ1v) is 6.28. The lowest BCUT2D eigenvalue weighted by atomic mass is 10.0. The van der Waals surface area contributed by atoms with Gasteiger partial charge in [0.2, 0.25) is 0 Å². The molecule has 1 aromatic carbocycles. The molecular formula is C13H13ClN2O. The monoisotopic (exact) mass is 248 g/mol. The molecule has 2 heterocycles. The van der Waals surface area contributed by atoms with Crippen LogP contribution in [0.4, 0.5) is 11.7 Å². The number of aryl methyl sites for hydroxylation is 1. The summed E-state index contributed by atoms with van der Waals surface area (Å²) in [5.41, 5.74) is 3.33. The van der Waals surface area contributed by atoms with Gasteiger partial charge in [0.15, 0.2) is 0 Å². The van der Waals surface area contributed by atoms with Gasteiger partial charge >= 0.3 is 6.01 Å². The molecule has 4 heteroatoms. The van der Waals surface area contributed by atoms with E-state index in [9.17, 15) is 0 Å². The fraction of sp³-hybridized carbons (Fsp3) is 0.308. The van der Waals surface area contributed by atoms with E-state index in [1.807, 2.05) is 6.07 Å². The highest BCUT2D eigenvalue weighted by Crippen LogP contribution is 2.32. The molecule has 0 saturated heterocycles. The number of rotatable bonds is 2. The van der Waals surface area contributed by atoms with Crippen LogP contribution in [0.2, 0.25) is 0 Å². The third kappa shape index (κ3) is 1.91. The minimum absolute atomic E-state index is 0.388. The molecule has 0 fully saturated rings. The Hall–Kier alpha value is -1.48. The Morgan fingerprint density at radius 1 is 1.35 bits per heavy atom. The molecule has 0 spiro atoms. The molecule has 1 aliphatic rings. The number of nitrogens with zero attached hydrogens (tertiary/aromatic N) is 2. The van der Waals surface area contributed by atoms with Gasteiger partial charge in [0.1, 0.15) is 6.26 Å². The van der Waals surface area contributed by atoms with Crippen molar-refractivity contribution in [3.8, 4) is 0 Å². The molecule has 0 radical (unpaired) electrons. The first kappa shape index (κ1) is 10.7. The van der Waals surface area contributed by atoms with Crippen molar-refractivity contribution in [2.45, 2.75) is 18.7 Å². The minimum Gasteiger partial charge on any atom is -0.431 e. The molecule has 0 aliphatic carbocycles. The number of para-hydroxylation sites is 1. The van der Waals surface area contributed by atoms with Crippen LogP contribution in [0.3, 0.4) is 0 Å². The van der Waals surface area contributed by atoms with E-state index < -0.39 is 0 Å². The number of benzene rings is 1. The van der Waals surface area contributed by atoms with Crippen molar-refractivity contribution in [2.24, 2.45) is 0 Å². The fourth-order valence-corrected chi connectivity index (χ4v) is 2.34. The second-order valence-electron chi connectivity index (χ2n) is 4.14. The second kappa shape index (κ2) is 4.41. The molecule has 0 bridgehead atoms. The summed E-state index contributed by atoms with van der Waals surface area (Å²) in [6, 6.07) is 9.03. The van der Waals surface area contributed by atoms with E-state index in [2.05, 4.69) is 28.1 Å². The lowest BCUT2D eigenvalue weighted by Crippen LogP contribution is -2.24. The number of hydrogen-bond acceptors (Lipinski definition) is 3. The van der Waals surface area contributed by atoms with Crippen LogP contribution >= 0.6 is 11.6 Å². The van der Waals surface area contributed by atoms with Gasteiger partial charge in [0.25, 0.3) is 0 Å². The zero-order chi connectivity index (χ0) is 11.7. The highest BCUT2D eigenvalue weighted by molar-refractivity contribution is 6.16. The van der Waals surface area contributed by atoms with Gasteiger partial charge in [-0.05, 0) is 24.5 Å². The van der Waals surface area contributed by atoms with Crippen LogP contribution in [0.1, 0.15) is 17.7 Å². The van der Waals surface area contributed by atoms with E-state index in [1.165, 1.54) is 11.3 Å². The first-order chi connectivity index (χ1) is 8.38. The Bertz CT molecular complexity index is 524. The minimum atomic E-state index is 0.388. The van der Waals surface area contributed by atoms with E-state index in [4.69, 9.17) is 16.0 Å². The summed E-state index contributed by atoms with van der Waals surface area (Å²) >= 11 is 5.74. The van der Waals surface area contributed by atoms with Crippen molar-refractivity contribution in [2.75, 3.05) is 11.4 Å². The molecule has 0 unspecified atom stereocenters.